The summed E-state index contributed by atoms with van der Waals surface area (Å²) in [6, 6.07) is 8.62. The number of alkyl halides is 2. The second-order valence-electron chi connectivity index (χ2n) is 12.7. The van der Waals surface area contributed by atoms with Gasteiger partial charge in [0.25, 0.3) is 5.92 Å². The summed E-state index contributed by atoms with van der Waals surface area (Å²) in [6.07, 6.45) is 17.7. The van der Waals surface area contributed by atoms with Crippen molar-refractivity contribution >= 4 is 24.1 Å². The summed E-state index contributed by atoms with van der Waals surface area (Å²) in [5.74, 6) is 1.25. The Morgan fingerprint density at radius 2 is 1.46 bits per heavy atom. The van der Waals surface area contributed by atoms with E-state index in [1.807, 2.05) is 12.2 Å². The van der Waals surface area contributed by atoms with Crippen LogP contribution in [0.1, 0.15) is 103 Å². The molecule has 3 atom stereocenters. The Morgan fingerprint density at radius 1 is 0.846 bits per heavy atom. The number of rotatable bonds is 25. The van der Waals surface area contributed by atoms with Crippen LogP contribution < -0.4 is 4.74 Å². The van der Waals surface area contributed by atoms with E-state index in [9.17, 15) is 28.0 Å². The van der Waals surface area contributed by atoms with Crippen molar-refractivity contribution in [1.29, 1.82) is 0 Å². The summed E-state index contributed by atoms with van der Waals surface area (Å²) in [5.41, 5.74) is 0. The highest BCUT2D eigenvalue weighted by molar-refractivity contribution is 5.70. The molecule has 1 fully saturated rings. The predicted octanol–water partition coefficient (Wildman–Crippen LogP) is 8.12. The number of halogens is 2. The highest BCUT2D eigenvalue weighted by atomic mass is 19.3. The summed E-state index contributed by atoms with van der Waals surface area (Å²) >= 11 is 0. The van der Waals surface area contributed by atoms with Gasteiger partial charge in [-0.3, -0.25) is 14.4 Å². The molecule has 0 heterocycles. The van der Waals surface area contributed by atoms with Gasteiger partial charge in [0.05, 0.1) is 0 Å². The first-order valence-corrected chi connectivity index (χ1v) is 18.0. The molecule has 0 amide bonds. The molecule has 0 spiro atoms. The lowest BCUT2D eigenvalue weighted by Crippen LogP contribution is -2.32. The standard InChI is InChI=1S/C40H52F2O10/c1-4-6-11-23-36(43)47-28-35(29-48-37(44)24-12-7-5-2)52-39(46)51-31(3)50-38(45)25-16-9-8-13-18-32-19-17-20-33(32)26-27-40(41,42)30-49-34-21-14-10-15-22-34/h1-2,8,10,13-15,21-22,31-33,35H,6-7,9,11-12,16-20,23-30H2,3H3/b13-8-/t31?,32-,33+/m0/s1. The number of para-hydroxylation sites is 1. The van der Waals surface area contributed by atoms with Gasteiger partial charge < -0.3 is 28.4 Å². The van der Waals surface area contributed by atoms with Gasteiger partial charge in [0.2, 0.25) is 6.29 Å². The third kappa shape index (κ3) is 20.3. The van der Waals surface area contributed by atoms with Gasteiger partial charge >= 0.3 is 24.1 Å². The van der Waals surface area contributed by atoms with E-state index in [2.05, 4.69) is 11.8 Å². The van der Waals surface area contributed by atoms with E-state index in [-0.39, 0.29) is 31.6 Å². The van der Waals surface area contributed by atoms with E-state index in [1.54, 1.807) is 30.3 Å². The molecule has 52 heavy (non-hydrogen) atoms. The maximum atomic E-state index is 14.5. The van der Waals surface area contributed by atoms with Gasteiger partial charge in [-0.1, -0.05) is 43.2 Å². The predicted molar refractivity (Wildman–Crippen MR) is 189 cm³/mol. The van der Waals surface area contributed by atoms with Gasteiger partial charge in [0.15, 0.2) is 12.7 Å². The Kier molecular flexibility index (Phi) is 21.3. The summed E-state index contributed by atoms with van der Waals surface area (Å²) in [6.45, 7) is -0.0840. The van der Waals surface area contributed by atoms with Crippen molar-refractivity contribution in [2.45, 2.75) is 122 Å². The number of ether oxygens (including phenoxy) is 6. The van der Waals surface area contributed by atoms with Crippen LogP contribution in [0.25, 0.3) is 0 Å². The second kappa shape index (κ2) is 25.4. The Morgan fingerprint density at radius 3 is 2.10 bits per heavy atom. The van der Waals surface area contributed by atoms with Gasteiger partial charge in [-0.05, 0) is 68.9 Å². The highest BCUT2D eigenvalue weighted by Crippen LogP contribution is 2.39. The Hall–Kier alpha value is -4.58. The smallest absolute Gasteiger partial charge is 0.487 e. The maximum Gasteiger partial charge on any atom is 0.511 e. The molecule has 1 unspecified atom stereocenters. The van der Waals surface area contributed by atoms with Gasteiger partial charge in [-0.25, -0.2) is 13.6 Å². The van der Waals surface area contributed by atoms with Crippen molar-refractivity contribution in [3.63, 3.8) is 0 Å². The van der Waals surface area contributed by atoms with Crippen molar-refractivity contribution in [1.82, 2.24) is 0 Å². The van der Waals surface area contributed by atoms with Crippen LogP contribution in [0, 0.1) is 36.5 Å². The molecule has 1 aliphatic rings. The van der Waals surface area contributed by atoms with E-state index in [0.717, 1.165) is 25.7 Å². The first-order valence-electron chi connectivity index (χ1n) is 18.0. The number of carbonyl (C=O) groups is 4. The van der Waals surface area contributed by atoms with Gasteiger partial charge in [0.1, 0.15) is 19.0 Å². The average Bonchev–Trinajstić information content (AvgIpc) is 3.57. The fourth-order valence-corrected chi connectivity index (χ4v) is 5.60. The third-order valence-electron chi connectivity index (χ3n) is 8.33. The zero-order chi connectivity index (χ0) is 38.0. The monoisotopic (exact) mass is 730 g/mol. The molecule has 0 N–H and O–H groups in total. The van der Waals surface area contributed by atoms with Crippen molar-refractivity contribution < 1.29 is 56.4 Å². The number of benzene rings is 1. The van der Waals surface area contributed by atoms with Crippen LogP contribution in [0.15, 0.2) is 42.5 Å². The number of hydrogen-bond acceptors (Lipinski definition) is 10. The lowest BCUT2D eigenvalue weighted by molar-refractivity contribution is -0.172. The van der Waals surface area contributed by atoms with E-state index >= 15 is 0 Å². The molecular weight excluding hydrogens is 678 g/mol. The summed E-state index contributed by atoms with van der Waals surface area (Å²) in [4.78, 5) is 48.6. The SMILES string of the molecule is C#CCCCC(=O)OCC(COC(=O)CCCC#C)OC(=O)OC(C)OC(=O)CCC/C=C\C[C@H]1CCC[C@@H]1CCC(F)(F)COc1ccccc1. The van der Waals surface area contributed by atoms with Crippen molar-refractivity contribution in [2.75, 3.05) is 19.8 Å². The van der Waals surface area contributed by atoms with Crippen LogP contribution in [-0.4, -0.2) is 62.2 Å². The van der Waals surface area contributed by atoms with Crippen molar-refractivity contribution in [2.24, 2.45) is 11.8 Å². The number of terminal acetylenes is 2. The molecule has 0 aromatic heterocycles. The fraction of sp³-hybridized carbons (Fsp3) is 0.600. The Bertz CT molecular complexity index is 1300. The average molecular weight is 731 g/mol. The lowest BCUT2D eigenvalue weighted by atomic mass is 9.88. The Balaban J connectivity index is 1.67. The summed E-state index contributed by atoms with van der Waals surface area (Å²) in [7, 11) is 0. The molecule has 0 saturated heterocycles. The van der Waals surface area contributed by atoms with Crippen LogP contribution >= 0.6 is 0 Å². The lowest BCUT2D eigenvalue weighted by Gasteiger charge is -2.22. The van der Waals surface area contributed by atoms with Crippen LogP contribution in [0.4, 0.5) is 13.6 Å². The normalized spacial score (nSPS) is 16.0. The molecule has 12 heteroatoms. The first kappa shape index (κ1) is 43.6. The Labute approximate surface area is 306 Å². The summed E-state index contributed by atoms with van der Waals surface area (Å²) in [5, 5.41) is 0. The van der Waals surface area contributed by atoms with Crippen LogP contribution in [0.5, 0.6) is 5.75 Å². The fourth-order valence-electron chi connectivity index (χ4n) is 5.60. The van der Waals surface area contributed by atoms with Crippen LogP contribution in [-0.2, 0) is 38.1 Å². The molecule has 1 aromatic rings. The van der Waals surface area contributed by atoms with Crippen LogP contribution in [0.3, 0.4) is 0 Å². The zero-order valence-corrected chi connectivity index (χ0v) is 30.1. The first-order chi connectivity index (χ1) is 25.0. The molecule has 1 aliphatic carbocycles. The zero-order valence-electron chi connectivity index (χ0n) is 30.1. The molecule has 0 bridgehead atoms. The van der Waals surface area contributed by atoms with Crippen LogP contribution in [0.2, 0.25) is 0 Å². The molecule has 2 rings (SSSR count). The number of unbranched alkanes of at least 4 members (excludes halogenated alkanes) is 3. The van der Waals surface area contributed by atoms with Gasteiger partial charge in [-0.2, -0.15) is 0 Å². The van der Waals surface area contributed by atoms with E-state index in [4.69, 9.17) is 41.3 Å². The second-order valence-corrected chi connectivity index (χ2v) is 12.7. The number of esters is 3. The molecular formula is C40H52F2O10. The van der Waals surface area contributed by atoms with Gasteiger partial charge in [0, 0.05) is 45.4 Å². The topological polar surface area (TPSA) is 124 Å². The quantitative estimate of drug-likeness (QED) is 0.0243. The maximum absolute atomic E-state index is 14.5. The number of hydrogen-bond donors (Lipinski definition) is 0. The van der Waals surface area contributed by atoms with Crippen molar-refractivity contribution in [3.05, 3.63) is 42.5 Å². The molecule has 286 valence electrons. The molecule has 10 nitrogen and oxygen atoms in total. The van der Waals surface area contributed by atoms with Crippen molar-refractivity contribution in [3.8, 4) is 30.4 Å². The molecule has 1 saturated carbocycles. The largest absolute Gasteiger partial charge is 0.511 e. The number of carbonyl (C=O) groups excluding carboxylic acids is 4. The van der Waals surface area contributed by atoms with E-state index in [0.29, 0.717) is 56.6 Å². The third-order valence-corrected chi connectivity index (χ3v) is 8.33. The van der Waals surface area contributed by atoms with Gasteiger partial charge in [-0.15, -0.1) is 24.7 Å². The minimum atomic E-state index is -2.89. The minimum Gasteiger partial charge on any atom is -0.487 e. The highest BCUT2D eigenvalue weighted by Gasteiger charge is 2.34. The van der Waals surface area contributed by atoms with E-state index < -0.39 is 62.2 Å². The number of allylic oxidation sites excluding steroid dienone is 2. The molecule has 0 aliphatic heterocycles. The molecule has 1 aromatic carbocycles. The van der Waals surface area contributed by atoms with E-state index in [1.165, 1.54) is 6.92 Å². The summed E-state index contributed by atoms with van der Waals surface area (Å²) < 4.78 is 59.8. The molecule has 0 radical (unpaired) electrons. The minimum absolute atomic E-state index is 0.0630.